The third kappa shape index (κ3) is 3.21. The van der Waals surface area contributed by atoms with Crippen molar-refractivity contribution in [3.8, 4) is 0 Å². The zero-order chi connectivity index (χ0) is 11.4. The summed E-state index contributed by atoms with van der Waals surface area (Å²) < 4.78 is 0. The zero-order valence-electron chi connectivity index (χ0n) is 8.81. The smallest absolute Gasteiger partial charge is 0.223 e. The molecule has 0 radical (unpaired) electrons. The monoisotopic (exact) mass is 230 g/mol. The molecular weight excluding hydrogens is 216 g/mol. The summed E-state index contributed by atoms with van der Waals surface area (Å²) in [6.45, 7) is 4.55. The predicted molar refractivity (Wildman–Crippen MR) is 61.0 cm³/mol. The maximum atomic E-state index is 8.94. The number of anilines is 2. The molecule has 0 saturated carbocycles. The van der Waals surface area contributed by atoms with Gasteiger partial charge in [0.1, 0.15) is 11.0 Å². The largest absolute Gasteiger partial charge is 0.395 e. The van der Waals surface area contributed by atoms with Gasteiger partial charge < -0.3 is 15.7 Å². The first-order valence-corrected chi connectivity index (χ1v) is 5.10. The van der Waals surface area contributed by atoms with Gasteiger partial charge in [-0.1, -0.05) is 11.6 Å². The molecule has 0 bridgehead atoms. The molecule has 1 rings (SSSR count). The Kier molecular flexibility index (Phi) is 4.11. The Morgan fingerprint density at radius 1 is 1.53 bits per heavy atom. The number of nitrogens with two attached hydrogens (primary N) is 1. The van der Waals surface area contributed by atoms with Crippen LogP contribution in [-0.2, 0) is 0 Å². The molecule has 0 fully saturated rings. The van der Waals surface area contributed by atoms with E-state index in [1.807, 2.05) is 18.7 Å². The Bertz CT molecular complexity index is 312. The van der Waals surface area contributed by atoms with E-state index in [-0.39, 0.29) is 18.6 Å². The predicted octanol–water partition coefficient (Wildman–Crippen LogP) is 0.919. The van der Waals surface area contributed by atoms with Crippen LogP contribution in [0.1, 0.15) is 13.8 Å². The molecule has 0 saturated heterocycles. The zero-order valence-corrected chi connectivity index (χ0v) is 9.57. The average molecular weight is 231 g/mol. The third-order valence-electron chi connectivity index (χ3n) is 1.96. The molecule has 1 aromatic rings. The molecule has 5 nitrogen and oxygen atoms in total. The van der Waals surface area contributed by atoms with Crippen molar-refractivity contribution >= 4 is 23.4 Å². The van der Waals surface area contributed by atoms with E-state index in [1.54, 1.807) is 6.07 Å². The Balaban J connectivity index is 2.99. The maximum absolute atomic E-state index is 8.94. The number of nitrogens with zero attached hydrogens (tertiary/aromatic N) is 3. The van der Waals surface area contributed by atoms with Gasteiger partial charge in [-0.15, -0.1) is 0 Å². The van der Waals surface area contributed by atoms with Gasteiger partial charge in [0.15, 0.2) is 0 Å². The number of rotatable bonds is 4. The second-order valence-corrected chi connectivity index (χ2v) is 3.81. The molecule has 0 aliphatic carbocycles. The van der Waals surface area contributed by atoms with E-state index in [0.29, 0.717) is 17.5 Å². The first kappa shape index (κ1) is 12.0. The minimum atomic E-state index is 0.0553. The molecule has 6 heteroatoms. The van der Waals surface area contributed by atoms with Crippen LogP contribution < -0.4 is 10.6 Å². The van der Waals surface area contributed by atoms with Crippen LogP contribution in [-0.4, -0.2) is 34.3 Å². The second-order valence-electron chi connectivity index (χ2n) is 3.42. The molecule has 0 aromatic carbocycles. The molecular formula is C9H15ClN4O. The van der Waals surface area contributed by atoms with Crippen LogP contribution in [0.25, 0.3) is 0 Å². The molecule has 1 heterocycles. The lowest BCUT2D eigenvalue weighted by Gasteiger charge is -2.27. The fourth-order valence-electron chi connectivity index (χ4n) is 1.32. The van der Waals surface area contributed by atoms with Gasteiger partial charge in [-0.2, -0.15) is 4.98 Å². The van der Waals surface area contributed by atoms with Crippen molar-refractivity contribution in [3.63, 3.8) is 0 Å². The maximum Gasteiger partial charge on any atom is 0.223 e. The van der Waals surface area contributed by atoms with E-state index in [2.05, 4.69) is 9.97 Å². The summed E-state index contributed by atoms with van der Waals surface area (Å²) >= 11 is 5.78. The van der Waals surface area contributed by atoms with Crippen LogP contribution in [0.3, 0.4) is 0 Å². The van der Waals surface area contributed by atoms with Crippen molar-refractivity contribution < 1.29 is 5.11 Å². The lowest BCUT2D eigenvalue weighted by Crippen LogP contribution is -2.34. The van der Waals surface area contributed by atoms with E-state index >= 15 is 0 Å². The van der Waals surface area contributed by atoms with Gasteiger partial charge in [-0.05, 0) is 13.8 Å². The van der Waals surface area contributed by atoms with Gasteiger partial charge >= 0.3 is 0 Å². The first-order valence-electron chi connectivity index (χ1n) is 4.72. The van der Waals surface area contributed by atoms with Crippen LogP contribution in [0.5, 0.6) is 0 Å². The second kappa shape index (κ2) is 5.14. The van der Waals surface area contributed by atoms with Crippen LogP contribution in [0.15, 0.2) is 6.07 Å². The standard InChI is InChI=1S/C9H15ClN4O/c1-6(2)14(3-4-15)8-5-7(10)12-9(11)13-8/h5-6,15H,3-4H2,1-2H3,(H2,11,12,13). The molecule has 0 spiro atoms. The minimum Gasteiger partial charge on any atom is -0.395 e. The fraction of sp³-hybridized carbons (Fsp3) is 0.556. The van der Waals surface area contributed by atoms with Crippen molar-refractivity contribution in [3.05, 3.63) is 11.2 Å². The van der Waals surface area contributed by atoms with E-state index in [1.165, 1.54) is 0 Å². The van der Waals surface area contributed by atoms with E-state index in [4.69, 9.17) is 22.4 Å². The van der Waals surface area contributed by atoms with Gasteiger partial charge in [-0.3, -0.25) is 0 Å². The summed E-state index contributed by atoms with van der Waals surface area (Å²) in [7, 11) is 0. The minimum absolute atomic E-state index is 0.0553. The van der Waals surface area contributed by atoms with Gasteiger partial charge in [0.25, 0.3) is 0 Å². The van der Waals surface area contributed by atoms with Crippen LogP contribution in [0.4, 0.5) is 11.8 Å². The summed E-state index contributed by atoms with van der Waals surface area (Å²) in [4.78, 5) is 9.76. The van der Waals surface area contributed by atoms with Crippen LogP contribution in [0.2, 0.25) is 5.15 Å². The van der Waals surface area contributed by atoms with Crippen molar-refractivity contribution in [1.82, 2.24) is 9.97 Å². The Labute approximate surface area is 93.9 Å². The highest BCUT2D eigenvalue weighted by Crippen LogP contribution is 2.18. The van der Waals surface area contributed by atoms with Crippen molar-refractivity contribution in [1.29, 1.82) is 0 Å². The number of halogens is 1. The van der Waals surface area contributed by atoms with Crippen LogP contribution >= 0.6 is 11.6 Å². The summed E-state index contributed by atoms with van der Waals surface area (Å²) in [5, 5.41) is 9.24. The average Bonchev–Trinajstić information content (AvgIpc) is 2.11. The number of hydrogen-bond donors (Lipinski definition) is 2. The lowest BCUT2D eigenvalue weighted by molar-refractivity contribution is 0.298. The first-order chi connectivity index (χ1) is 7.04. The summed E-state index contributed by atoms with van der Waals surface area (Å²) in [6.07, 6.45) is 0. The SMILES string of the molecule is CC(C)N(CCO)c1cc(Cl)nc(N)n1. The fourth-order valence-corrected chi connectivity index (χ4v) is 1.50. The molecule has 84 valence electrons. The lowest BCUT2D eigenvalue weighted by atomic mass is 10.3. The van der Waals surface area contributed by atoms with Gasteiger partial charge in [0, 0.05) is 18.7 Å². The molecule has 3 N–H and O–H groups in total. The number of aliphatic hydroxyl groups excluding tert-OH is 1. The van der Waals surface area contributed by atoms with Crippen molar-refractivity contribution in [2.24, 2.45) is 0 Å². The Morgan fingerprint density at radius 2 is 2.20 bits per heavy atom. The van der Waals surface area contributed by atoms with E-state index < -0.39 is 0 Å². The number of aliphatic hydroxyl groups is 1. The van der Waals surface area contributed by atoms with Crippen molar-refractivity contribution in [2.75, 3.05) is 23.8 Å². The molecule has 0 atom stereocenters. The van der Waals surface area contributed by atoms with Crippen LogP contribution in [0, 0.1) is 0 Å². The number of aromatic nitrogens is 2. The quantitative estimate of drug-likeness (QED) is 0.753. The number of hydrogen-bond acceptors (Lipinski definition) is 5. The summed E-state index contributed by atoms with van der Waals surface area (Å²) in [6, 6.07) is 1.84. The van der Waals surface area contributed by atoms with Gasteiger partial charge in [0.05, 0.1) is 6.61 Å². The summed E-state index contributed by atoms with van der Waals surface area (Å²) in [5.41, 5.74) is 5.50. The highest BCUT2D eigenvalue weighted by molar-refractivity contribution is 6.29. The van der Waals surface area contributed by atoms with E-state index in [0.717, 1.165) is 0 Å². The topological polar surface area (TPSA) is 75.3 Å². The molecule has 15 heavy (non-hydrogen) atoms. The van der Waals surface area contributed by atoms with Crippen molar-refractivity contribution in [2.45, 2.75) is 19.9 Å². The molecule has 1 aromatic heterocycles. The normalized spacial score (nSPS) is 10.7. The van der Waals surface area contributed by atoms with E-state index in [9.17, 15) is 0 Å². The molecule has 0 aliphatic rings. The molecule has 0 unspecified atom stereocenters. The highest BCUT2D eigenvalue weighted by Gasteiger charge is 2.12. The number of nitrogen functional groups attached to an aromatic ring is 1. The van der Waals surface area contributed by atoms with Gasteiger partial charge in [0.2, 0.25) is 5.95 Å². The molecule has 0 amide bonds. The summed E-state index contributed by atoms with van der Waals surface area (Å²) in [5.74, 6) is 0.776. The van der Waals surface area contributed by atoms with Gasteiger partial charge in [-0.25, -0.2) is 4.98 Å². The Hall–Kier alpha value is -1.07. The third-order valence-corrected chi connectivity index (χ3v) is 2.15. The highest BCUT2D eigenvalue weighted by atomic mass is 35.5. The Morgan fingerprint density at radius 3 is 2.67 bits per heavy atom. The molecule has 0 aliphatic heterocycles.